The minimum absolute atomic E-state index is 0. The van der Waals surface area contributed by atoms with Crippen LogP contribution in [-0.2, 0) is 0 Å². The molecule has 0 unspecified atom stereocenters. The van der Waals surface area contributed by atoms with Crippen LogP contribution in [-0.4, -0.2) is 34.5 Å². The van der Waals surface area contributed by atoms with Gasteiger partial charge in [0.05, 0.1) is 13.1 Å². The number of amides is 1. The van der Waals surface area contributed by atoms with Crippen molar-refractivity contribution in [2.45, 2.75) is 5.92 Å². The van der Waals surface area contributed by atoms with Crippen molar-refractivity contribution in [3.63, 3.8) is 0 Å². The Bertz CT molecular complexity index is 308. The molecular formula is C6H9ClF2N4OS. The largest absolute Gasteiger partial charge is 0.345 e. The first-order valence-electron chi connectivity index (χ1n) is 3.68. The summed E-state index contributed by atoms with van der Waals surface area (Å²) >= 11 is 0.973. The third-order valence-corrected chi connectivity index (χ3v) is 1.90. The molecule has 0 saturated carbocycles. The Kier molecular flexibility index (Phi) is 5.55. The molecule has 86 valence electrons. The molecular weight excluding hydrogens is 250 g/mol. The average Bonchev–Trinajstić information content (AvgIpc) is 2.67. The van der Waals surface area contributed by atoms with Gasteiger partial charge in [0.1, 0.15) is 0 Å². The standard InChI is InChI=1S/C6H8F2N4OS.ClH/c7-6(8,2-9)3-10-5(13)4-1-14-12-11-4;/h1H,2-3,9H2,(H,10,13);1H. The van der Waals surface area contributed by atoms with E-state index in [-0.39, 0.29) is 18.1 Å². The number of carbonyl (C=O) groups is 1. The van der Waals surface area contributed by atoms with Gasteiger partial charge >= 0.3 is 0 Å². The van der Waals surface area contributed by atoms with Crippen LogP contribution in [0.2, 0.25) is 0 Å². The predicted molar refractivity (Wildman–Crippen MR) is 53.5 cm³/mol. The molecule has 1 amide bonds. The topological polar surface area (TPSA) is 80.9 Å². The number of nitrogens with one attached hydrogen (secondary N) is 1. The average molecular weight is 259 g/mol. The fourth-order valence-corrected chi connectivity index (χ4v) is 1.07. The zero-order chi connectivity index (χ0) is 10.6. The lowest BCUT2D eigenvalue weighted by molar-refractivity contribution is 0.0118. The summed E-state index contributed by atoms with van der Waals surface area (Å²) in [6, 6.07) is 0. The molecule has 0 aliphatic rings. The number of halogens is 3. The number of rotatable bonds is 4. The third kappa shape index (κ3) is 4.45. The van der Waals surface area contributed by atoms with Crippen LogP contribution >= 0.6 is 23.9 Å². The molecule has 0 aliphatic carbocycles. The molecule has 0 atom stereocenters. The lowest BCUT2D eigenvalue weighted by atomic mass is 10.3. The van der Waals surface area contributed by atoms with Gasteiger partial charge in [0.2, 0.25) is 0 Å². The minimum atomic E-state index is -3.08. The molecule has 1 rings (SSSR count). The Morgan fingerprint density at radius 2 is 2.33 bits per heavy atom. The van der Waals surface area contributed by atoms with Gasteiger partial charge in [-0.2, -0.15) is 0 Å². The first kappa shape index (κ1) is 14.1. The molecule has 0 aliphatic heterocycles. The van der Waals surface area contributed by atoms with E-state index in [4.69, 9.17) is 5.73 Å². The predicted octanol–water partition coefficient (Wildman–Crippen LogP) is 0.284. The summed E-state index contributed by atoms with van der Waals surface area (Å²) in [4.78, 5) is 11.1. The maximum atomic E-state index is 12.6. The monoisotopic (exact) mass is 258 g/mol. The van der Waals surface area contributed by atoms with Gasteiger partial charge in [0, 0.05) is 5.38 Å². The Labute approximate surface area is 94.6 Å². The number of nitrogens with two attached hydrogens (primary N) is 1. The molecule has 0 bridgehead atoms. The number of aromatic nitrogens is 2. The molecule has 0 aromatic carbocycles. The molecule has 9 heteroatoms. The second-order valence-electron chi connectivity index (χ2n) is 2.53. The first-order chi connectivity index (χ1) is 6.55. The second-order valence-corrected chi connectivity index (χ2v) is 3.14. The van der Waals surface area contributed by atoms with Gasteiger partial charge in [0.15, 0.2) is 5.69 Å². The van der Waals surface area contributed by atoms with E-state index in [2.05, 4.69) is 9.59 Å². The highest BCUT2D eigenvalue weighted by Crippen LogP contribution is 2.09. The van der Waals surface area contributed by atoms with Crippen molar-refractivity contribution in [3.8, 4) is 0 Å². The highest BCUT2D eigenvalue weighted by molar-refractivity contribution is 7.03. The van der Waals surface area contributed by atoms with Gasteiger partial charge < -0.3 is 11.1 Å². The Morgan fingerprint density at radius 1 is 1.67 bits per heavy atom. The van der Waals surface area contributed by atoms with Crippen molar-refractivity contribution < 1.29 is 13.6 Å². The summed E-state index contributed by atoms with van der Waals surface area (Å²) in [6.07, 6.45) is 0. The normalized spacial score (nSPS) is 10.6. The number of carbonyl (C=O) groups excluding carboxylic acids is 1. The van der Waals surface area contributed by atoms with Crippen molar-refractivity contribution in [2.75, 3.05) is 13.1 Å². The van der Waals surface area contributed by atoms with Gasteiger partial charge in [-0.15, -0.1) is 17.5 Å². The summed E-state index contributed by atoms with van der Waals surface area (Å²) in [7, 11) is 0. The molecule has 1 heterocycles. The van der Waals surface area contributed by atoms with E-state index >= 15 is 0 Å². The number of hydrogen-bond donors (Lipinski definition) is 2. The van der Waals surface area contributed by atoms with Crippen LogP contribution in [0.1, 0.15) is 10.5 Å². The van der Waals surface area contributed by atoms with Gasteiger partial charge in [-0.3, -0.25) is 4.79 Å². The molecule has 15 heavy (non-hydrogen) atoms. The summed E-state index contributed by atoms with van der Waals surface area (Å²) in [5.41, 5.74) is 4.81. The molecule has 0 fully saturated rings. The van der Waals surface area contributed by atoms with Gasteiger partial charge in [-0.05, 0) is 11.5 Å². The molecule has 5 nitrogen and oxygen atoms in total. The van der Waals surface area contributed by atoms with E-state index in [9.17, 15) is 13.6 Å². The Morgan fingerprint density at radius 3 is 2.80 bits per heavy atom. The van der Waals surface area contributed by atoms with Crippen LogP contribution in [0.4, 0.5) is 8.78 Å². The van der Waals surface area contributed by atoms with E-state index < -0.39 is 24.9 Å². The van der Waals surface area contributed by atoms with E-state index in [1.54, 1.807) is 0 Å². The zero-order valence-corrected chi connectivity index (χ0v) is 9.08. The molecule has 1 aromatic heterocycles. The molecule has 1 aromatic rings. The van der Waals surface area contributed by atoms with Crippen LogP contribution in [0.25, 0.3) is 0 Å². The number of nitrogens with zero attached hydrogens (tertiary/aromatic N) is 2. The summed E-state index contributed by atoms with van der Waals surface area (Å²) < 4.78 is 28.6. The van der Waals surface area contributed by atoms with Crippen LogP contribution in [0, 0.1) is 0 Å². The van der Waals surface area contributed by atoms with Crippen molar-refractivity contribution in [3.05, 3.63) is 11.1 Å². The van der Waals surface area contributed by atoms with Crippen molar-refractivity contribution in [1.82, 2.24) is 14.9 Å². The van der Waals surface area contributed by atoms with E-state index in [0.717, 1.165) is 11.5 Å². The second kappa shape index (κ2) is 5.89. The van der Waals surface area contributed by atoms with E-state index in [1.165, 1.54) is 5.38 Å². The lowest BCUT2D eigenvalue weighted by Gasteiger charge is -2.13. The smallest absolute Gasteiger partial charge is 0.277 e. The summed E-state index contributed by atoms with van der Waals surface area (Å²) in [6.45, 7) is -1.59. The Hall–Kier alpha value is -0.860. The molecule has 0 spiro atoms. The highest BCUT2D eigenvalue weighted by Gasteiger charge is 2.27. The molecule has 3 N–H and O–H groups in total. The lowest BCUT2D eigenvalue weighted by Crippen LogP contribution is -2.41. The molecule has 0 radical (unpaired) electrons. The zero-order valence-electron chi connectivity index (χ0n) is 7.44. The molecule has 0 saturated heterocycles. The van der Waals surface area contributed by atoms with E-state index in [0.29, 0.717) is 0 Å². The quantitative estimate of drug-likeness (QED) is 0.813. The van der Waals surface area contributed by atoms with E-state index in [1.807, 2.05) is 5.32 Å². The fourth-order valence-electron chi connectivity index (χ4n) is 0.636. The van der Waals surface area contributed by atoms with Crippen LogP contribution in [0.15, 0.2) is 5.38 Å². The minimum Gasteiger partial charge on any atom is -0.345 e. The van der Waals surface area contributed by atoms with Gasteiger partial charge in [-0.25, -0.2) is 8.78 Å². The third-order valence-electron chi connectivity index (χ3n) is 1.40. The van der Waals surface area contributed by atoms with Crippen LogP contribution < -0.4 is 11.1 Å². The maximum absolute atomic E-state index is 12.6. The van der Waals surface area contributed by atoms with Crippen LogP contribution in [0.5, 0.6) is 0 Å². The van der Waals surface area contributed by atoms with Crippen molar-refractivity contribution in [1.29, 1.82) is 0 Å². The number of hydrogen-bond acceptors (Lipinski definition) is 5. The van der Waals surface area contributed by atoms with Crippen molar-refractivity contribution >= 4 is 29.8 Å². The number of alkyl halides is 2. The first-order valence-corrected chi connectivity index (χ1v) is 4.52. The fraction of sp³-hybridized carbons (Fsp3) is 0.500. The SMILES string of the molecule is Cl.NCC(F)(F)CNC(=O)c1csnn1. The summed E-state index contributed by atoms with van der Waals surface area (Å²) in [5, 5.41) is 6.81. The highest BCUT2D eigenvalue weighted by atomic mass is 35.5. The van der Waals surface area contributed by atoms with Gasteiger partial charge in [-0.1, -0.05) is 4.49 Å². The van der Waals surface area contributed by atoms with Gasteiger partial charge in [0.25, 0.3) is 11.8 Å². The summed E-state index contributed by atoms with van der Waals surface area (Å²) in [5.74, 6) is -3.76. The maximum Gasteiger partial charge on any atom is 0.277 e. The van der Waals surface area contributed by atoms with Crippen LogP contribution in [0.3, 0.4) is 0 Å². The Balaban J connectivity index is 0.00000196. The van der Waals surface area contributed by atoms with Crippen molar-refractivity contribution in [2.24, 2.45) is 5.73 Å².